The van der Waals surface area contributed by atoms with E-state index in [2.05, 4.69) is 54.7 Å². The fourth-order valence-electron chi connectivity index (χ4n) is 1.15. The molecule has 0 bridgehead atoms. The van der Waals surface area contributed by atoms with Crippen LogP contribution >= 0.6 is 0 Å². The summed E-state index contributed by atoms with van der Waals surface area (Å²) < 4.78 is 0. The molecule has 0 spiro atoms. The molecule has 0 unspecified atom stereocenters. The molecule has 1 radical (unpaired) electrons. The summed E-state index contributed by atoms with van der Waals surface area (Å²) >= 11 is 0. The summed E-state index contributed by atoms with van der Waals surface area (Å²) in [5.74, 6) is 0. The van der Waals surface area contributed by atoms with Crippen molar-refractivity contribution in [1.29, 1.82) is 0 Å². The van der Waals surface area contributed by atoms with Gasteiger partial charge in [-0.1, -0.05) is 54.7 Å². The van der Waals surface area contributed by atoms with Crippen LogP contribution in [-0.4, -0.2) is 0 Å². The molecule has 73 valence electrons. The third-order valence-corrected chi connectivity index (χ3v) is 1.90. The zero-order valence-corrected chi connectivity index (χ0v) is 8.52. The molecule has 0 N–H and O–H groups in total. The van der Waals surface area contributed by atoms with Gasteiger partial charge in [-0.2, -0.15) is 0 Å². The molecule has 0 aromatic heterocycles. The average molecular weight is 185 g/mol. The molecule has 1 aliphatic rings. The molecule has 1 aliphatic carbocycles. The molecule has 0 heteroatoms. The van der Waals surface area contributed by atoms with E-state index in [1.54, 1.807) is 0 Å². The molecule has 0 fully saturated rings. The molecular formula is C14H17. The van der Waals surface area contributed by atoms with Crippen LogP contribution in [0.3, 0.4) is 0 Å². The van der Waals surface area contributed by atoms with Crippen LogP contribution in [0, 0.1) is 6.08 Å². The zero-order valence-electron chi connectivity index (χ0n) is 8.52. The first-order valence-corrected chi connectivity index (χ1v) is 5.17. The Kier molecular flexibility index (Phi) is 6.39. The second-order valence-corrected chi connectivity index (χ2v) is 3.12. The normalized spacial score (nSPS) is 29.7. The van der Waals surface area contributed by atoms with E-state index in [4.69, 9.17) is 0 Å². The SMILES string of the molecule is [C]1=C/C=C\C/C=C/C/C=C/C/C=C/C/1. The minimum absolute atomic E-state index is 0.911. The van der Waals surface area contributed by atoms with Crippen LogP contribution in [0.25, 0.3) is 0 Å². The first-order valence-electron chi connectivity index (χ1n) is 5.17. The largest absolute Gasteiger partial charge is 0.0844 e. The minimum atomic E-state index is 0.911. The zero-order chi connectivity index (χ0) is 9.90. The third kappa shape index (κ3) is 6.24. The smallest absolute Gasteiger partial charge is 0.00945 e. The Morgan fingerprint density at radius 2 is 1.21 bits per heavy atom. The summed E-state index contributed by atoms with van der Waals surface area (Å²) in [6.45, 7) is 0. The average Bonchev–Trinajstić information content (AvgIpc) is 2.22. The highest BCUT2D eigenvalue weighted by molar-refractivity contribution is 5.05. The number of rotatable bonds is 0. The second-order valence-electron chi connectivity index (χ2n) is 3.12. The maximum Gasteiger partial charge on any atom is -0.00945 e. The Morgan fingerprint density at radius 3 is 1.93 bits per heavy atom. The van der Waals surface area contributed by atoms with E-state index in [9.17, 15) is 0 Å². The molecule has 0 heterocycles. The van der Waals surface area contributed by atoms with Gasteiger partial charge in [0.25, 0.3) is 0 Å². The van der Waals surface area contributed by atoms with Crippen molar-refractivity contribution in [3.05, 3.63) is 60.8 Å². The van der Waals surface area contributed by atoms with Gasteiger partial charge in [-0.3, -0.25) is 0 Å². The van der Waals surface area contributed by atoms with Gasteiger partial charge >= 0.3 is 0 Å². The lowest BCUT2D eigenvalue weighted by Gasteiger charge is -1.86. The molecule has 0 aromatic carbocycles. The van der Waals surface area contributed by atoms with Gasteiger partial charge in [0.15, 0.2) is 0 Å². The van der Waals surface area contributed by atoms with E-state index in [0.717, 1.165) is 25.7 Å². The van der Waals surface area contributed by atoms with Crippen LogP contribution in [0.5, 0.6) is 0 Å². The van der Waals surface area contributed by atoms with Gasteiger partial charge < -0.3 is 0 Å². The summed E-state index contributed by atoms with van der Waals surface area (Å²) in [6.07, 6.45) is 26.5. The molecule has 1 rings (SSSR count). The number of allylic oxidation sites excluding steroid dienone is 10. The Hall–Kier alpha value is -1.30. The van der Waals surface area contributed by atoms with Gasteiger partial charge in [0.05, 0.1) is 0 Å². The Balaban J connectivity index is 2.45. The van der Waals surface area contributed by atoms with Crippen molar-refractivity contribution < 1.29 is 0 Å². The van der Waals surface area contributed by atoms with Crippen LogP contribution in [0.15, 0.2) is 54.7 Å². The minimum Gasteiger partial charge on any atom is -0.0844 e. The van der Waals surface area contributed by atoms with Crippen molar-refractivity contribution in [3.8, 4) is 0 Å². The maximum absolute atomic E-state index is 3.19. The van der Waals surface area contributed by atoms with Gasteiger partial charge in [-0.25, -0.2) is 0 Å². The maximum atomic E-state index is 3.19. The van der Waals surface area contributed by atoms with E-state index in [1.165, 1.54) is 0 Å². The Bertz CT molecular complexity index is 234. The van der Waals surface area contributed by atoms with Crippen LogP contribution in [0.4, 0.5) is 0 Å². The lowest BCUT2D eigenvalue weighted by molar-refractivity contribution is 1.25. The molecule has 0 amide bonds. The van der Waals surface area contributed by atoms with Crippen LogP contribution in [0.2, 0.25) is 0 Å². The molecule has 14 heavy (non-hydrogen) atoms. The summed E-state index contributed by atoms with van der Waals surface area (Å²) in [6, 6.07) is 0. The highest BCUT2D eigenvalue weighted by atomic mass is 13.8. The van der Waals surface area contributed by atoms with Crippen molar-refractivity contribution in [1.82, 2.24) is 0 Å². The van der Waals surface area contributed by atoms with Crippen LogP contribution < -0.4 is 0 Å². The highest BCUT2D eigenvalue weighted by Crippen LogP contribution is 1.96. The van der Waals surface area contributed by atoms with E-state index in [1.807, 2.05) is 6.08 Å². The molecule has 0 nitrogen and oxygen atoms in total. The quantitative estimate of drug-likeness (QED) is 0.497. The van der Waals surface area contributed by atoms with Crippen molar-refractivity contribution in [3.63, 3.8) is 0 Å². The lowest BCUT2D eigenvalue weighted by Crippen LogP contribution is -1.65. The summed E-state index contributed by atoms with van der Waals surface area (Å²) in [5.41, 5.74) is 0. The van der Waals surface area contributed by atoms with Crippen molar-refractivity contribution in [2.45, 2.75) is 25.7 Å². The van der Waals surface area contributed by atoms with Crippen molar-refractivity contribution in [2.24, 2.45) is 0 Å². The summed E-state index contributed by atoms with van der Waals surface area (Å²) in [7, 11) is 0. The van der Waals surface area contributed by atoms with Crippen LogP contribution in [-0.2, 0) is 0 Å². The summed E-state index contributed by atoms with van der Waals surface area (Å²) in [4.78, 5) is 0. The second kappa shape index (κ2) is 8.31. The van der Waals surface area contributed by atoms with E-state index in [-0.39, 0.29) is 0 Å². The predicted molar refractivity (Wildman–Crippen MR) is 62.8 cm³/mol. The molecule has 0 aliphatic heterocycles. The van der Waals surface area contributed by atoms with Gasteiger partial charge in [0.1, 0.15) is 0 Å². The van der Waals surface area contributed by atoms with Gasteiger partial charge in [0.2, 0.25) is 0 Å². The summed E-state index contributed by atoms with van der Waals surface area (Å²) in [5, 5.41) is 0. The molecule has 0 atom stereocenters. The van der Waals surface area contributed by atoms with Gasteiger partial charge in [0, 0.05) is 0 Å². The van der Waals surface area contributed by atoms with E-state index in [0.29, 0.717) is 0 Å². The first kappa shape index (κ1) is 10.8. The fraction of sp³-hybridized carbons (Fsp3) is 0.286. The van der Waals surface area contributed by atoms with E-state index >= 15 is 0 Å². The highest BCUT2D eigenvalue weighted by Gasteiger charge is 1.76. The number of hydrogen-bond acceptors (Lipinski definition) is 0. The first-order chi connectivity index (χ1) is 7.00. The lowest BCUT2D eigenvalue weighted by atomic mass is 10.2. The topological polar surface area (TPSA) is 0 Å². The Labute approximate surface area is 87.0 Å². The predicted octanol–water partition coefficient (Wildman–Crippen LogP) is 4.14. The third-order valence-electron chi connectivity index (χ3n) is 1.90. The van der Waals surface area contributed by atoms with Crippen LogP contribution in [0.1, 0.15) is 25.7 Å². The molecular weight excluding hydrogens is 168 g/mol. The van der Waals surface area contributed by atoms with Gasteiger partial charge in [-0.05, 0) is 31.8 Å². The van der Waals surface area contributed by atoms with Crippen molar-refractivity contribution in [2.75, 3.05) is 0 Å². The standard InChI is InChI=1S/C14H17/c1-2-4-6-8-10-12-14-13-11-9-7-5-3-1/h1-3,6,8-9,11-12,14H,4,7,10,13H2/b2-1-,5-3?,8-6+,11-9+,14-12+. The molecule has 0 saturated carbocycles. The van der Waals surface area contributed by atoms with E-state index < -0.39 is 0 Å². The number of hydrogen-bond donors (Lipinski definition) is 0. The monoisotopic (exact) mass is 185 g/mol. The molecule has 0 saturated heterocycles. The van der Waals surface area contributed by atoms with Crippen molar-refractivity contribution >= 4 is 0 Å². The van der Waals surface area contributed by atoms with Gasteiger partial charge in [-0.15, -0.1) is 0 Å². The fourth-order valence-corrected chi connectivity index (χ4v) is 1.15. The Morgan fingerprint density at radius 1 is 0.643 bits per heavy atom. The molecule has 0 aromatic rings.